The summed E-state index contributed by atoms with van der Waals surface area (Å²) in [6, 6.07) is 0. The van der Waals surface area contributed by atoms with E-state index < -0.39 is 0 Å². The summed E-state index contributed by atoms with van der Waals surface area (Å²) in [6.07, 6.45) is 8.22. The minimum Gasteiger partial charge on any atom is -0.393 e. The van der Waals surface area contributed by atoms with E-state index >= 15 is 0 Å². The summed E-state index contributed by atoms with van der Waals surface area (Å²) in [5.41, 5.74) is 1.33. The molecule has 0 unspecified atom stereocenters. The molecule has 4 aliphatic rings. The second kappa shape index (κ2) is 4.81. The van der Waals surface area contributed by atoms with Crippen molar-refractivity contribution in [1.29, 1.82) is 0 Å². The van der Waals surface area contributed by atoms with Gasteiger partial charge in [-0.05, 0) is 74.0 Å². The Kier molecular flexibility index (Phi) is 3.26. The fourth-order valence-electron chi connectivity index (χ4n) is 6.25. The highest BCUT2D eigenvalue weighted by Crippen LogP contribution is 2.61. The highest BCUT2D eigenvalue weighted by Gasteiger charge is 2.57. The molecule has 3 nitrogen and oxygen atoms in total. The molecule has 0 aliphatic heterocycles. The number of hydrogen-bond donors (Lipinski definition) is 3. The average Bonchev–Trinajstić information content (AvgIpc) is 2.74. The molecule has 4 aliphatic carbocycles. The second-order valence-electron chi connectivity index (χ2n) is 8.26. The summed E-state index contributed by atoms with van der Waals surface area (Å²) in [5, 5.41) is 31.0. The summed E-state index contributed by atoms with van der Waals surface area (Å²) in [4.78, 5) is 0. The summed E-state index contributed by atoms with van der Waals surface area (Å²) < 4.78 is 0. The first-order chi connectivity index (χ1) is 10.0. The summed E-state index contributed by atoms with van der Waals surface area (Å²) >= 11 is 0. The normalized spacial score (nSPS) is 56.2. The molecular formula is C18H28O3. The van der Waals surface area contributed by atoms with Crippen LogP contribution >= 0.6 is 0 Å². The molecule has 0 spiro atoms. The van der Waals surface area contributed by atoms with Gasteiger partial charge in [0.05, 0.1) is 18.3 Å². The monoisotopic (exact) mass is 292 g/mol. The topological polar surface area (TPSA) is 60.7 Å². The van der Waals surface area contributed by atoms with Crippen LogP contribution < -0.4 is 0 Å². The van der Waals surface area contributed by atoms with Gasteiger partial charge in [0, 0.05) is 0 Å². The van der Waals surface area contributed by atoms with Gasteiger partial charge >= 0.3 is 0 Å². The number of aliphatic hydroxyl groups is 3. The van der Waals surface area contributed by atoms with Crippen LogP contribution in [0.25, 0.3) is 0 Å². The molecule has 3 heteroatoms. The van der Waals surface area contributed by atoms with Gasteiger partial charge in [0.25, 0.3) is 0 Å². The van der Waals surface area contributed by atoms with E-state index in [2.05, 4.69) is 13.0 Å². The van der Waals surface area contributed by atoms with Gasteiger partial charge in [-0.15, -0.1) is 0 Å². The smallest absolute Gasteiger partial charge is 0.0757 e. The molecule has 118 valence electrons. The second-order valence-corrected chi connectivity index (χ2v) is 8.26. The largest absolute Gasteiger partial charge is 0.393 e. The SMILES string of the molecule is C[C@]12CC[C@H]3[C@@H]([C@H](O)C=C4C[C@H](O)CC[C@@H]43)[C@@H]1CC[C@@H]2O. The van der Waals surface area contributed by atoms with Crippen molar-refractivity contribution in [3.8, 4) is 0 Å². The molecule has 3 N–H and O–H groups in total. The van der Waals surface area contributed by atoms with Crippen molar-refractivity contribution in [2.75, 3.05) is 0 Å². The predicted molar refractivity (Wildman–Crippen MR) is 80.5 cm³/mol. The van der Waals surface area contributed by atoms with Gasteiger partial charge in [0.1, 0.15) is 0 Å². The van der Waals surface area contributed by atoms with Crippen molar-refractivity contribution in [3.05, 3.63) is 11.6 Å². The summed E-state index contributed by atoms with van der Waals surface area (Å²) in [6.45, 7) is 2.24. The lowest BCUT2D eigenvalue weighted by Crippen LogP contribution is -2.51. The maximum atomic E-state index is 10.7. The maximum Gasteiger partial charge on any atom is 0.0757 e. The average molecular weight is 292 g/mol. The minimum absolute atomic E-state index is 0.0155. The summed E-state index contributed by atoms with van der Waals surface area (Å²) in [5.74, 6) is 1.93. The van der Waals surface area contributed by atoms with Crippen LogP contribution in [-0.4, -0.2) is 33.6 Å². The van der Waals surface area contributed by atoms with Crippen molar-refractivity contribution in [3.63, 3.8) is 0 Å². The zero-order valence-corrected chi connectivity index (χ0v) is 12.9. The fourth-order valence-corrected chi connectivity index (χ4v) is 6.25. The molecule has 0 aromatic rings. The van der Waals surface area contributed by atoms with Crippen molar-refractivity contribution in [1.82, 2.24) is 0 Å². The first-order valence-corrected chi connectivity index (χ1v) is 8.75. The van der Waals surface area contributed by atoms with Crippen molar-refractivity contribution < 1.29 is 15.3 Å². The Morgan fingerprint density at radius 2 is 1.86 bits per heavy atom. The van der Waals surface area contributed by atoms with Crippen LogP contribution in [0.15, 0.2) is 11.6 Å². The van der Waals surface area contributed by atoms with Crippen molar-refractivity contribution in [2.24, 2.45) is 29.1 Å². The highest BCUT2D eigenvalue weighted by atomic mass is 16.3. The molecule has 21 heavy (non-hydrogen) atoms. The van der Waals surface area contributed by atoms with E-state index in [0.29, 0.717) is 23.7 Å². The van der Waals surface area contributed by atoms with E-state index in [0.717, 1.165) is 44.9 Å². The maximum absolute atomic E-state index is 10.7. The number of rotatable bonds is 0. The minimum atomic E-state index is -0.374. The lowest BCUT2D eigenvalue weighted by Gasteiger charge is -2.54. The molecule has 0 aromatic carbocycles. The molecule has 0 aromatic heterocycles. The van der Waals surface area contributed by atoms with E-state index in [4.69, 9.17) is 0 Å². The number of aliphatic hydroxyl groups excluding tert-OH is 3. The van der Waals surface area contributed by atoms with Crippen molar-refractivity contribution >= 4 is 0 Å². The van der Waals surface area contributed by atoms with Gasteiger partial charge in [0.2, 0.25) is 0 Å². The quantitative estimate of drug-likeness (QED) is 0.600. The third kappa shape index (κ3) is 1.97. The molecule has 8 atom stereocenters. The van der Waals surface area contributed by atoms with Crippen molar-refractivity contribution in [2.45, 2.75) is 70.2 Å². The van der Waals surface area contributed by atoms with Crippen LogP contribution in [0, 0.1) is 29.1 Å². The molecule has 0 radical (unpaired) electrons. The Morgan fingerprint density at radius 1 is 1.05 bits per heavy atom. The number of hydrogen-bond acceptors (Lipinski definition) is 3. The molecule has 3 fully saturated rings. The first-order valence-electron chi connectivity index (χ1n) is 8.75. The van der Waals surface area contributed by atoms with Crippen LogP contribution in [0.2, 0.25) is 0 Å². The lowest BCUT2D eigenvalue weighted by atomic mass is 9.52. The molecular weight excluding hydrogens is 264 g/mol. The number of fused-ring (bicyclic) bond motifs is 5. The van der Waals surface area contributed by atoms with Crippen LogP contribution in [0.5, 0.6) is 0 Å². The molecule has 0 amide bonds. The van der Waals surface area contributed by atoms with Crippen LogP contribution in [0.1, 0.15) is 51.9 Å². The van der Waals surface area contributed by atoms with Gasteiger partial charge in [-0.3, -0.25) is 0 Å². The van der Waals surface area contributed by atoms with E-state index in [1.807, 2.05) is 0 Å². The predicted octanol–water partition coefficient (Wildman–Crippen LogP) is 2.25. The lowest BCUT2D eigenvalue weighted by molar-refractivity contribution is -0.0847. The van der Waals surface area contributed by atoms with Crippen LogP contribution in [0.3, 0.4) is 0 Å². The van der Waals surface area contributed by atoms with E-state index in [1.54, 1.807) is 0 Å². The third-order valence-electron chi connectivity index (χ3n) is 7.39. The van der Waals surface area contributed by atoms with E-state index in [1.165, 1.54) is 5.57 Å². The van der Waals surface area contributed by atoms with E-state index in [-0.39, 0.29) is 23.7 Å². The van der Waals surface area contributed by atoms with Gasteiger partial charge in [-0.2, -0.15) is 0 Å². The molecule has 3 saturated carbocycles. The zero-order chi connectivity index (χ0) is 14.8. The molecule has 0 saturated heterocycles. The van der Waals surface area contributed by atoms with Crippen LogP contribution in [-0.2, 0) is 0 Å². The zero-order valence-electron chi connectivity index (χ0n) is 12.9. The Balaban J connectivity index is 1.67. The Hall–Kier alpha value is -0.380. The highest BCUT2D eigenvalue weighted by molar-refractivity contribution is 5.23. The van der Waals surface area contributed by atoms with Gasteiger partial charge in [-0.25, -0.2) is 0 Å². The molecule has 4 rings (SSSR count). The fraction of sp³-hybridized carbons (Fsp3) is 0.889. The molecule has 0 bridgehead atoms. The Labute approximate surface area is 127 Å². The third-order valence-corrected chi connectivity index (χ3v) is 7.39. The standard InChI is InChI=1S/C18H28O3/c1-18-7-6-13-12-3-2-11(19)8-10(12)9-15(20)17(13)14(18)4-5-16(18)21/h9,11-17,19-21H,2-8H2,1H3/t11-,12+,13-,14+,15-,16+,17-,18+/m1/s1. The van der Waals surface area contributed by atoms with Gasteiger partial charge in [0.15, 0.2) is 0 Å². The van der Waals surface area contributed by atoms with Gasteiger partial charge < -0.3 is 15.3 Å². The van der Waals surface area contributed by atoms with Crippen LogP contribution in [0.4, 0.5) is 0 Å². The van der Waals surface area contributed by atoms with E-state index in [9.17, 15) is 15.3 Å². The Morgan fingerprint density at radius 3 is 2.67 bits per heavy atom. The first kappa shape index (κ1) is 14.2. The summed E-state index contributed by atoms with van der Waals surface area (Å²) in [7, 11) is 0. The van der Waals surface area contributed by atoms with Gasteiger partial charge in [-0.1, -0.05) is 18.6 Å². The molecule has 0 heterocycles. The Bertz CT molecular complexity index is 459.